The molecule has 1 aliphatic heterocycles. The zero-order valence-corrected chi connectivity index (χ0v) is 12.9. The van der Waals surface area contributed by atoms with Gasteiger partial charge in [-0.15, -0.1) is 0 Å². The molecule has 0 unspecified atom stereocenters. The van der Waals surface area contributed by atoms with E-state index in [1.54, 1.807) is 0 Å². The first kappa shape index (κ1) is 14.9. The Bertz CT molecular complexity index is 443. The summed E-state index contributed by atoms with van der Waals surface area (Å²) in [6.07, 6.45) is 0. The number of hydrogen-bond acceptors (Lipinski definition) is 2. The Kier molecular flexibility index (Phi) is 4.92. The van der Waals surface area contributed by atoms with E-state index in [1.165, 1.54) is 12.1 Å². The molecule has 0 radical (unpaired) electrons. The maximum absolute atomic E-state index is 13.9. The van der Waals surface area contributed by atoms with Gasteiger partial charge in [0.05, 0.1) is 4.47 Å². The number of nitrogens with zero attached hydrogens (tertiary/aromatic N) is 2. The summed E-state index contributed by atoms with van der Waals surface area (Å²) in [5.41, 5.74) is 0.160. The molecule has 106 valence electrons. The van der Waals surface area contributed by atoms with Crippen molar-refractivity contribution >= 4 is 15.9 Å². The maximum atomic E-state index is 13.9. The van der Waals surface area contributed by atoms with Gasteiger partial charge in [-0.3, -0.25) is 9.80 Å². The van der Waals surface area contributed by atoms with Crippen molar-refractivity contribution in [1.82, 2.24) is 9.80 Å². The van der Waals surface area contributed by atoms with E-state index in [-0.39, 0.29) is 5.56 Å². The highest BCUT2D eigenvalue weighted by Crippen LogP contribution is 2.23. The Hall–Kier alpha value is -0.520. The van der Waals surface area contributed by atoms with E-state index in [9.17, 15) is 8.78 Å². The van der Waals surface area contributed by atoms with Crippen LogP contribution in [0.4, 0.5) is 8.78 Å². The highest BCUT2D eigenvalue weighted by molar-refractivity contribution is 9.10. The Balaban J connectivity index is 2.02. The SMILES string of the molecule is CC(C)N1CCN(Cc2c(F)ccc(Br)c2F)CC1. The molecule has 0 aliphatic carbocycles. The topological polar surface area (TPSA) is 6.48 Å². The Morgan fingerprint density at radius 3 is 2.37 bits per heavy atom. The molecular weight excluding hydrogens is 314 g/mol. The summed E-state index contributed by atoms with van der Waals surface area (Å²) in [5.74, 6) is -0.946. The molecule has 1 heterocycles. The van der Waals surface area contributed by atoms with Gasteiger partial charge in [-0.2, -0.15) is 0 Å². The number of hydrogen-bond donors (Lipinski definition) is 0. The second-order valence-electron chi connectivity index (χ2n) is 5.23. The van der Waals surface area contributed by atoms with Crippen LogP contribution in [0.15, 0.2) is 16.6 Å². The minimum absolute atomic E-state index is 0.160. The van der Waals surface area contributed by atoms with Crippen LogP contribution in [0.5, 0.6) is 0 Å². The highest BCUT2D eigenvalue weighted by atomic mass is 79.9. The first-order valence-corrected chi connectivity index (χ1v) is 7.37. The lowest BCUT2D eigenvalue weighted by Crippen LogP contribution is -2.48. The maximum Gasteiger partial charge on any atom is 0.144 e. The fraction of sp³-hybridized carbons (Fsp3) is 0.571. The molecule has 19 heavy (non-hydrogen) atoms. The number of rotatable bonds is 3. The van der Waals surface area contributed by atoms with Gasteiger partial charge in [0.15, 0.2) is 0 Å². The predicted octanol–water partition coefficient (Wildman–Crippen LogP) is 3.25. The van der Waals surface area contributed by atoms with Crippen molar-refractivity contribution in [2.75, 3.05) is 26.2 Å². The molecule has 0 atom stereocenters. The quantitative estimate of drug-likeness (QED) is 0.784. The summed E-state index contributed by atoms with van der Waals surface area (Å²) >= 11 is 3.11. The summed E-state index contributed by atoms with van der Waals surface area (Å²) in [5, 5.41) is 0. The van der Waals surface area contributed by atoms with E-state index in [4.69, 9.17) is 0 Å². The highest BCUT2D eigenvalue weighted by Gasteiger charge is 2.21. The average molecular weight is 333 g/mol. The molecule has 0 aromatic heterocycles. The minimum Gasteiger partial charge on any atom is -0.298 e. The molecular formula is C14H19BrF2N2. The fourth-order valence-corrected chi connectivity index (χ4v) is 2.75. The van der Waals surface area contributed by atoms with Crippen LogP contribution in [-0.4, -0.2) is 42.0 Å². The standard InChI is InChI=1S/C14H19BrF2N2/c1-10(2)19-7-5-18(6-8-19)9-11-13(16)4-3-12(15)14(11)17/h3-4,10H,5-9H2,1-2H3. The van der Waals surface area contributed by atoms with Gasteiger partial charge in [0.1, 0.15) is 11.6 Å². The molecule has 0 bridgehead atoms. The van der Waals surface area contributed by atoms with Crippen molar-refractivity contribution in [2.45, 2.75) is 26.4 Å². The van der Waals surface area contributed by atoms with E-state index >= 15 is 0 Å². The third-order valence-electron chi connectivity index (χ3n) is 3.66. The van der Waals surface area contributed by atoms with Crippen LogP contribution in [-0.2, 0) is 6.54 Å². The lowest BCUT2D eigenvalue weighted by Gasteiger charge is -2.37. The van der Waals surface area contributed by atoms with Gasteiger partial charge in [0, 0.05) is 44.3 Å². The Labute approximate surface area is 121 Å². The predicted molar refractivity (Wildman–Crippen MR) is 76.0 cm³/mol. The summed E-state index contributed by atoms with van der Waals surface area (Å²) in [4.78, 5) is 4.48. The van der Waals surface area contributed by atoms with Crippen LogP contribution in [0.3, 0.4) is 0 Å². The first-order valence-electron chi connectivity index (χ1n) is 6.58. The van der Waals surface area contributed by atoms with E-state index in [0.717, 1.165) is 26.2 Å². The lowest BCUT2D eigenvalue weighted by molar-refractivity contribution is 0.102. The van der Waals surface area contributed by atoms with Gasteiger partial charge >= 0.3 is 0 Å². The van der Waals surface area contributed by atoms with Crippen LogP contribution in [0.25, 0.3) is 0 Å². The van der Waals surface area contributed by atoms with Gasteiger partial charge in [0.2, 0.25) is 0 Å². The Morgan fingerprint density at radius 2 is 1.79 bits per heavy atom. The van der Waals surface area contributed by atoms with Crippen molar-refractivity contribution in [3.8, 4) is 0 Å². The van der Waals surface area contributed by atoms with Gasteiger partial charge in [-0.05, 0) is 41.9 Å². The normalized spacial score (nSPS) is 18.2. The van der Waals surface area contributed by atoms with Crippen molar-refractivity contribution in [3.63, 3.8) is 0 Å². The molecule has 1 aromatic rings. The van der Waals surface area contributed by atoms with E-state index in [1.807, 2.05) is 0 Å². The summed E-state index contributed by atoms with van der Waals surface area (Å²) in [6, 6.07) is 3.25. The van der Waals surface area contributed by atoms with Crippen molar-refractivity contribution in [2.24, 2.45) is 0 Å². The second kappa shape index (κ2) is 6.29. The monoisotopic (exact) mass is 332 g/mol. The molecule has 0 N–H and O–H groups in total. The van der Waals surface area contributed by atoms with Crippen molar-refractivity contribution in [3.05, 3.63) is 33.8 Å². The molecule has 0 spiro atoms. The third kappa shape index (κ3) is 3.52. The van der Waals surface area contributed by atoms with E-state index in [2.05, 4.69) is 39.6 Å². The summed E-state index contributed by atoms with van der Waals surface area (Å²) in [7, 11) is 0. The molecule has 2 rings (SSSR count). The lowest BCUT2D eigenvalue weighted by atomic mass is 10.1. The first-order chi connectivity index (χ1) is 8.99. The summed E-state index contributed by atoms with van der Waals surface area (Å²) < 4.78 is 27.9. The second-order valence-corrected chi connectivity index (χ2v) is 6.08. The largest absolute Gasteiger partial charge is 0.298 e. The van der Waals surface area contributed by atoms with Crippen LogP contribution in [0.2, 0.25) is 0 Å². The van der Waals surface area contributed by atoms with Gasteiger partial charge < -0.3 is 0 Å². The smallest absolute Gasteiger partial charge is 0.144 e. The summed E-state index contributed by atoms with van der Waals surface area (Å²) in [6.45, 7) is 8.28. The van der Waals surface area contributed by atoms with Crippen LogP contribution >= 0.6 is 15.9 Å². The third-order valence-corrected chi connectivity index (χ3v) is 4.27. The van der Waals surface area contributed by atoms with Crippen molar-refractivity contribution < 1.29 is 8.78 Å². The van der Waals surface area contributed by atoms with E-state index < -0.39 is 11.6 Å². The molecule has 0 saturated carbocycles. The van der Waals surface area contributed by atoms with Crippen LogP contribution in [0, 0.1) is 11.6 Å². The van der Waals surface area contributed by atoms with Crippen molar-refractivity contribution in [1.29, 1.82) is 0 Å². The minimum atomic E-state index is -0.480. The molecule has 1 aliphatic rings. The van der Waals surface area contributed by atoms with Gasteiger partial charge in [-0.1, -0.05) is 0 Å². The zero-order chi connectivity index (χ0) is 14.0. The molecule has 5 heteroatoms. The van der Waals surface area contributed by atoms with E-state index in [0.29, 0.717) is 17.1 Å². The van der Waals surface area contributed by atoms with Gasteiger partial charge in [-0.25, -0.2) is 8.78 Å². The van der Waals surface area contributed by atoms with Gasteiger partial charge in [0.25, 0.3) is 0 Å². The molecule has 1 saturated heterocycles. The van der Waals surface area contributed by atoms with Crippen LogP contribution in [0.1, 0.15) is 19.4 Å². The Morgan fingerprint density at radius 1 is 1.16 bits per heavy atom. The average Bonchev–Trinajstić information content (AvgIpc) is 2.40. The van der Waals surface area contributed by atoms with Crippen LogP contribution < -0.4 is 0 Å². The molecule has 0 amide bonds. The number of benzene rings is 1. The number of halogens is 3. The molecule has 1 aromatic carbocycles. The molecule has 2 nitrogen and oxygen atoms in total. The fourth-order valence-electron chi connectivity index (χ4n) is 2.38. The number of piperazine rings is 1. The molecule has 1 fully saturated rings. The zero-order valence-electron chi connectivity index (χ0n) is 11.3.